The Balaban J connectivity index is 1.06. The molecule has 3 saturated heterocycles. The molecule has 41 heavy (non-hydrogen) atoms. The number of ether oxygens (including phenoxy) is 2. The summed E-state index contributed by atoms with van der Waals surface area (Å²) < 4.78 is 12.5. The summed E-state index contributed by atoms with van der Waals surface area (Å²) in [7, 11) is 0. The highest BCUT2D eigenvalue weighted by molar-refractivity contribution is 5.84. The van der Waals surface area contributed by atoms with Crippen molar-refractivity contribution < 1.29 is 34.1 Å². The van der Waals surface area contributed by atoms with Crippen LogP contribution in [0.4, 0.5) is 10.6 Å². The summed E-state index contributed by atoms with van der Waals surface area (Å²) in [6.45, 7) is 1.31. The summed E-state index contributed by atoms with van der Waals surface area (Å²) in [6, 6.07) is -0.0131. The topological polar surface area (TPSA) is 207 Å². The molecule has 15 heteroatoms. The highest BCUT2D eigenvalue weighted by atomic mass is 16.6. The van der Waals surface area contributed by atoms with Crippen molar-refractivity contribution in [2.75, 3.05) is 25.4 Å². The first-order valence-corrected chi connectivity index (χ1v) is 13.8. The van der Waals surface area contributed by atoms with E-state index in [1.54, 1.807) is 4.90 Å². The van der Waals surface area contributed by atoms with Crippen LogP contribution < -0.4 is 16.4 Å². The Hall–Kier alpha value is -4.00. The second-order valence-electron chi connectivity index (χ2n) is 10.9. The van der Waals surface area contributed by atoms with Crippen LogP contribution in [0.5, 0.6) is 0 Å². The minimum atomic E-state index is -1.42. The molecule has 2 aromatic rings. The first-order chi connectivity index (χ1) is 19.8. The molecule has 4 fully saturated rings. The number of amides is 3. The van der Waals surface area contributed by atoms with Gasteiger partial charge in [-0.05, 0) is 37.5 Å². The van der Waals surface area contributed by atoms with Crippen LogP contribution in [-0.4, -0.2) is 103 Å². The molecule has 0 aromatic carbocycles. The molecule has 1 aliphatic carbocycles. The van der Waals surface area contributed by atoms with Crippen molar-refractivity contribution in [1.82, 2.24) is 35.1 Å². The summed E-state index contributed by atoms with van der Waals surface area (Å²) in [4.78, 5) is 50.3. The lowest BCUT2D eigenvalue weighted by Gasteiger charge is -2.32. The second-order valence-corrected chi connectivity index (χ2v) is 10.9. The number of hydrogen-bond donors (Lipinski definition) is 5. The Morgan fingerprint density at radius 3 is 2.66 bits per heavy atom. The lowest BCUT2D eigenvalue weighted by atomic mass is 9.94. The van der Waals surface area contributed by atoms with Gasteiger partial charge in [-0.3, -0.25) is 14.2 Å². The van der Waals surface area contributed by atoms with E-state index in [4.69, 9.17) is 15.2 Å². The van der Waals surface area contributed by atoms with Crippen LogP contribution in [0.15, 0.2) is 6.33 Å². The van der Waals surface area contributed by atoms with Crippen LogP contribution in [0.3, 0.4) is 0 Å². The van der Waals surface area contributed by atoms with Gasteiger partial charge in [-0.1, -0.05) is 5.92 Å². The van der Waals surface area contributed by atoms with Gasteiger partial charge in [0.1, 0.15) is 24.3 Å². The monoisotopic (exact) mass is 568 g/mol. The molecule has 4 aliphatic rings. The number of piperidine rings is 1. The van der Waals surface area contributed by atoms with Crippen LogP contribution in [0.2, 0.25) is 0 Å². The smallest absolute Gasteiger partial charge is 0.409 e. The Labute approximate surface area is 234 Å². The van der Waals surface area contributed by atoms with E-state index in [9.17, 15) is 24.6 Å². The van der Waals surface area contributed by atoms with Gasteiger partial charge in [-0.2, -0.15) is 0 Å². The number of likely N-dealkylation sites (tertiary alicyclic amines) is 1. The van der Waals surface area contributed by atoms with Gasteiger partial charge in [0, 0.05) is 25.6 Å². The SMILES string of the molecule is Nc1nc(C#CCC2CCN(C(=O)OCC3CC(=O)N3)CC2)nc2c1ncn2C1OC(C(=O)NC2CC2)C(O)C1O. The number of aliphatic hydroxyl groups is 2. The Morgan fingerprint density at radius 1 is 1.20 bits per heavy atom. The highest BCUT2D eigenvalue weighted by Gasteiger charge is 2.48. The maximum atomic E-state index is 12.5. The van der Waals surface area contributed by atoms with Crippen molar-refractivity contribution in [2.45, 2.75) is 75.1 Å². The summed E-state index contributed by atoms with van der Waals surface area (Å²) in [6.07, 6.45) is 0.106. The summed E-state index contributed by atoms with van der Waals surface area (Å²) in [5, 5.41) is 26.6. The first kappa shape index (κ1) is 27.2. The molecular weight excluding hydrogens is 536 g/mol. The predicted molar refractivity (Wildman–Crippen MR) is 141 cm³/mol. The number of imidazole rings is 1. The maximum Gasteiger partial charge on any atom is 0.409 e. The molecule has 15 nitrogen and oxygen atoms in total. The van der Waals surface area contributed by atoms with Gasteiger partial charge in [0.15, 0.2) is 23.8 Å². The summed E-state index contributed by atoms with van der Waals surface area (Å²) in [5.41, 5.74) is 6.65. The molecule has 5 unspecified atom stereocenters. The molecule has 0 spiro atoms. The van der Waals surface area contributed by atoms with E-state index in [-0.39, 0.29) is 59.4 Å². The largest absolute Gasteiger partial charge is 0.447 e. The molecule has 6 rings (SSSR count). The highest BCUT2D eigenvalue weighted by Crippen LogP contribution is 2.33. The van der Waals surface area contributed by atoms with E-state index in [1.807, 2.05) is 0 Å². The molecule has 3 aliphatic heterocycles. The van der Waals surface area contributed by atoms with Gasteiger partial charge in [-0.25, -0.2) is 19.7 Å². The summed E-state index contributed by atoms with van der Waals surface area (Å²) >= 11 is 0. The average molecular weight is 569 g/mol. The van der Waals surface area contributed by atoms with Crippen molar-refractivity contribution >= 4 is 34.9 Å². The molecule has 0 radical (unpaired) electrons. The fourth-order valence-corrected chi connectivity index (χ4v) is 5.19. The molecule has 5 heterocycles. The van der Waals surface area contributed by atoms with Gasteiger partial charge in [0.2, 0.25) is 11.7 Å². The maximum absolute atomic E-state index is 12.5. The third-order valence-electron chi connectivity index (χ3n) is 7.81. The van der Waals surface area contributed by atoms with E-state index in [2.05, 4.69) is 37.4 Å². The number of β-lactam (4-membered cyclic amide) rings is 1. The average Bonchev–Trinajstić information content (AvgIpc) is 3.57. The van der Waals surface area contributed by atoms with Crippen LogP contribution in [0, 0.1) is 17.8 Å². The number of carbonyl (C=O) groups excluding carboxylic acids is 3. The molecule has 1 saturated carbocycles. The van der Waals surface area contributed by atoms with Crippen molar-refractivity contribution in [1.29, 1.82) is 0 Å². The van der Waals surface area contributed by atoms with E-state index in [0.29, 0.717) is 25.9 Å². The zero-order valence-electron chi connectivity index (χ0n) is 22.2. The van der Waals surface area contributed by atoms with Crippen LogP contribution in [0.1, 0.15) is 50.6 Å². The van der Waals surface area contributed by atoms with Gasteiger partial charge < -0.3 is 41.0 Å². The fourth-order valence-electron chi connectivity index (χ4n) is 5.19. The number of nitrogens with two attached hydrogens (primary N) is 1. The van der Waals surface area contributed by atoms with Gasteiger partial charge >= 0.3 is 6.09 Å². The molecular formula is C26H32N8O7. The number of aliphatic hydroxyl groups excluding tert-OH is 2. The molecule has 2 aromatic heterocycles. The molecule has 3 amide bonds. The fraction of sp³-hybridized carbons (Fsp3) is 0.615. The second kappa shape index (κ2) is 11.1. The third kappa shape index (κ3) is 5.76. The van der Waals surface area contributed by atoms with Crippen LogP contribution >= 0.6 is 0 Å². The van der Waals surface area contributed by atoms with Crippen LogP contribution in [-0.2, 0) is 19.1 Å². The normalized spacial score (nSPS) is 28.0. The van der Waals surface area contributed by atoms with Crippen molar-refractivity contribution in [2.24, 2.45) is 5.92 Å². The number of rotatable bonds is 6. The van der Waals surface area contributed by atoms with Crippen molar-refractivity contribution in [3.8, 4) is 11.8 Å². The van der Waals surface area contributed by atoms with Crippen LogP contribution in [0.25, 0.3) is 11.2 Å². The molecule has 6 N–H and O–H groups in total. The van der Waals surface area contributed by atoms with E-state index >= 15 is 0 Å². The van der Waals surface area contributed by atoms with E-state index < -0.39 is 30.4 Å². The number of aromatic nitrogens is 4. The van der Waals surface area contributed by atoms with Crippen molar-refractivity contribution in [3.05, 3.63) is 12.2 Å². The number of nitrogens with zero attached hydrogens (tertiary/aromatic N) is 5. The van der Waals surface area contributed by atoms with Gasteiger partial charge in [0.05, 0.1) is 18.8 Å². The zero-order valence-corrected chi connectivity index (χ0v) is 22.2. The lowest BCUT2D eigenvalue weighted by molar-refractivity contribution is -0.137. The Kier molecular flexibility index (Phi) is 7.37. The quantitative estimate of drug-likeness (QED) is 0.206. The number of hydrogen-bond acceptors (Lipinski definition) is 11. The minimum absolute atomic E-state index is 0.0314. The molecule has 5 atom stereocenters. The molecule has 0 bridgehead atoms. The Bertz CT molecular complexity index is 1400. The standard InChI is InChI=1S/C26H32N8O7/c27-22-18-23(34(12-28-18)25-20(37)19(36)21(41-25)24(38)30-14-4-5-14)32-16(31-22)3-1-2-13-6-8-33(9-7-13)26(39)40-11-15-10-17(35)29-15/h12-15,19-21,25,36-37H,2,4-11H2,(H,29,35)(H,30,38)(H2,27,31,32). The number of nitrogens with one attached hydrogen (secondary N) is 2. The number of carbonyl (C=O) groups is 3. The molecule has 218 valence electrons. The van der Waals surface area contributed by atoms with Gasteiger partial charge in [0.25, 0.3) is 5.91 Å². The minimum Gasteiger partial charge on any atom is -0.447 e. The van der Waals surface area contributed by atoms with Crippen molar-refractivity contribution in [3.63, 3.8) is 0 Å². The predicted octanol–water partition coefficient (Wildman–Crippen LogP) is -1.21. The Morgan fingerprint density at radius 2 is 1.95 bits per heavy atom. The first-order valence-electron chi connectivity index (χ1n) is 13.8. The van der Waals surface area contributed by atoms with E-state index in [1.165, 1.54) is 10.9 Å². The van der Waals surface area contributed by atoms with Gasteiger partial charge in [-0.15, -0.1) is 0 Å². The van der Waals surface area contributed by atoms with E-state index in [0.717, 1.165) is 25.7 Å². The third-order valence-corrected chi connectivity index (χ3v) is 7.81. The lowest BCUT2D eigenvalue weighted by Crippen LogP contribution is -2.52. The summed E-state index contributed by atoms with van der Waals surface area (Å²) in [5.74, 6) is 6.08. The zero-order chi connectivity index (χ0) is 28.7. The number of anilines is 1. The number of fused-ring (bicyclic) bond motifs is 1. The number of nitrogen functional groups attached to an aromatic ring is 1.